The summed E-state index contributed by atoms with van der Waals surface area (Å²) in [5, 5.41) is 9.92. The second-order valence-electron chi connectivity index (χ2n) is 9.83. The SMILES string of the molecule is COC(=O)N1C(=O)[C@H]2[C@H](CC=C3[C@H]2C[C@H]2C(=O)N(C(=O)OC)C(=O)[C@H]2[C@H]3C=Cc2ccc(O)c(OC)c2)C1=O. The Labute approximate surface area is 222 Å². The van der Waals surface area contributed by atoms with Crippen LogP contribution in [0.25, 0.3) is 6.08 Å². The van der Waals surface area contributed by atoms with E-state index in [0.29, 0.717) is 20.9 Å². The molecule has 0 unspecified atom stereocenters. The van der Waals surface area contributed by atoms with Gasteiger partial charge in [-0.3, -0.25) is 19.2 Å². The number of amides is 6. The van der Waals surface area contributed by atoms with Crippen LogP contribution in [-0.4, -0.2) is 72.1 Å². The molecular weight excluding hydrogens is 512 g/mol. The van der Waals surface area contributed by atoms with Crippen LogP contribution >= 0.6 is 0 Å². The van der Waals surface area contributed by atoms with Crippen molar-refractivity contribution in [2.45, 2.75) is 12.8 Å². The number of phenols is 1. The minimum atomic E-state index is -1.09. The predicted octanol–water partition coefficient (Wildman–Crippen LogP) is 2.12. The summed E-state index contributed by atoms with van der Waals surface area (Å²) in [7, 11) is 3.55. The molecule has 204 valence electrons. The van der Waals surface area contributed by atoms with Crippen molar-refractivity contribution in [2.75, 3.05) is 21.3 Å². The Bertz CT molecular complexity index is 1360. The van der Waals surface area contributed by atoms with Crippen molar-refractivity contribution in [3.8, 4) is 11.5 Å². The number of nitrogens with zero attached hydrogens (tertiary/aromatic N) is 2. The van der Waals surface area contributed by atoms with Crippen LogP contribution in [-0.2, 0) is 28.7 Å². The second kappa shape index (κ2) is 9.68. The first-order valence-electron chi connectivity index (χ1n) is 12.3. The number of hydrogen-bond acceptors (Lipinski definition) is 10. The molecule has 0 bridgehead atoms. The van der Waals surface area contributed by atoms with Crippen LogP contribution in [0.1, 0.15) is 18.4 Å². The highest BCUT2D eigenvalue weighted by atomic mass is 16.5. The average molecular weight is 539 g/mol. The van der Waals surface area contributed by atoms with Crippen molar-refractivity contribution in [1.82, 2.24) is 9.80 Å². The largest absolute Gasteiger partial charge is 0.504 e. The minimum absolute atomic E-state index is 0.0428. The highest BCUT2D eigenvalue weighted by Gasteiger charge is 2.63. The number of methoxy groups -OCH3 is 3. The van der Waals surface area contributed by atoms with Crippen molar-refractivity contribution in [1.29, 1.82) is 0 Å². The molecule has 12 nitrogen and oxygen atoms in total. The molecule has 1 aromatic rings. The Balaban J connectivity index is 1.58. The molecule has 0 spiro atoms. The van der Waals surface area contributed by atoms with E-state index in [1.54, 1.807) is 30.4 Å². The van der Waals surface area contributed by atoms with Crippen LogP contribution in [0.4, 0.5) is 9.59 Å². The maximum Gasteiger partial charge on any atom is 0.423 e. The van der Waals surface area contributed by atoms with Crippen molar-refractivity contribution < 1.29 is 48.1 Å². The number of benzene rings is 1. The van der Waals surface area contributed by atoms with E-state index in [4.69, 9.17) is 4.74 Å². The smallest absolute Gasteiger partial charge is 0.423 e. The fourth-order valence-electron chi connectivity index (χ4n) is 6.40. The van der Waals surface area contributed by atoms with E-state index >= 15 is 0 Å². The van der Waals surface area contributed by atoms with E-state index in [-0.39, 0.29) is 24.3 Å². The Morgan fingerprint density at radius 1 is 0.872 bits per heavy atom. The Hall–Kier alpha value is -4.48. The van der Waals surface area contributed by atoms with Gasteiger partial charge in [-0.2, -0.15) is 9.80 Å². The lowest BCUT2D eigenvalue weighted by molar-refractivity contribution is -0.139. The molecule has 4 aliphatic rings. The van der Waals surface area contributed by atoms with Gasteiger partial charge < -0.3 is 19.3 Å². The van der Waals surface area contributed by atoms with E-state index in [0.717, 1.165) is 14.2 Å². The highest BCUT2D eigenvalue weighted by molar-refractivity contribution is 6.17. The highest BCUT2D eigenvalue weighted by Crippen LogP contribution is 2.55. The van der Waals surface area contributed by atoms with E-state index in [2.05, 4.69) is 9.47 Å². The summed E-state index contributed by atoms with van der Waals surface area (Å²) < 4.78 is 14.5. The molecule has 6 atom stereocenters. The summed E-state index contributed by atoms with van der Waals surface area (Å²) in [4.78, 5) is 78.6. The van der Waals surface area contributed by atoms with E-state index in [1.165, 1.54) is 13.2 Å². The first kappa shape index (κ1) is 26.1. The zero-order valence-corrected chi connectivity index (χ0v) is 21.4. The average Bonchev–Trinajstić information content (AvgIpc) is 3.34. The number of imide groups is 6. The first-order valence-corrected chi connectivity index (χ1v) is 12.3. The first-order chi connectivity index (χ1) is 18.6. The molecule has 6 amide bonds. The van der Waals surface area contributed by atoms with Gasteiger partial charge in [0.05, 0.1) is 45.0 Å². The molecule has 2 heterocycles. The van der Waals surface area contributed by atoms with Crippen LogP contribution < -0.4 is 4.74 Å². The molecule has 1 aromatic carbocycles. The van der Waals surface area contributed by atoms with Gasteiger partial charge in [0, 0.05) is 5.92 Å². The van der Waals surface area contributed by atoms with Gasteiger partial charge in [0.2, 0.25) is 23.6 Å². The number of likely N-dealkylation sites (tertiary alicyclic amines) is 2. The molecule has 1 saturated carbocycles. The van der Waals surface area contributed by atoms with Gasteiger partial charge in [0.15, 0.2) is 11.5 Å². The summed E-state index contributed by atoms with van der Waals surface area (Å²) in [5.41, 5.74) is 1.31. The monoisotopic (exact) mass is 538 g/mol. The third-order valence-corrected chi connectivity index (χ3v) is 8.12. The van der Waals surface area contributed by atoms with E-state index in [9.17, 15) is 33.9 Å². The molecular formula is C27H26N2O10. The fourth-order valence-corrected chi connectivity index (χ4v) is 6.40. The molecule has 12 heteroatoms. The van der Waals surface area contributed by atoms with Crippen LogP contribution in [0.3, 0.4) is 0 Å². The number of aromatic hydroxyl groups is 1. The summed E-state index contributed by atoms with van der Waals surface area (Å²) in [6.07, 6.45) is 3.24. The van der Waals surface area contributed by atoms with Crippen LogP contribution in [0.2, 0.25) is 0 Å². The Kier molecular flexibility index (Phi) is 6.49. The number of allylic oxidation sites excluding steroid dienone is 3. The lowest BCUT2D eigenvalue weighted by Crippen LogP contribution is -2.43. The standard InChI is InChI=1S/C27H26N2O10/c1-37-19-10-12(5-9-18(19)30)4-6-14-13-7-8-15-21(25(34)28(22(15)31)26(35)38-2)16(13)11-17-20(14)24(33)29(23(17)32)27(36)39-3/h4-7,9-10,14-17,20-21,30H,8,11H2,1-3H3/t14-,15-,16+,17+,20-,21-/m0/s1. The number of ether oxygens (including phenoxy) is 3. The van der Waals surface area contributed by atoms with Gasteiger partial charge in [-0.05, 0) is 36.5 Å². The molecule has 2 saturated heterocycles. The summed E-state index contributed by atoms with van der Waals surface area (Å²) in [6, 6.07) is 4.67. The third-order valence-electron chi connectivity index (χ3n) is 8.12. The van der Waals surface area contributed by atoms with E-state index < -0.39 is 71.3 Å². The third kappa shape index (κ3) is 3.89. The quantitative estimate of drug-likeness (QED) is 0.446. The lowest BCUT2D eigenvalue weighted by atomic mass is 9.58. The van der Waals surface area contributed by atoms with Crippen LogP contribution in [0.15, 0.2) is 35.9 Å². The molecule has 2 aliphatic heterocycles. The van der Waals surface area contributed by atoms with Crippen molar-refractivity contribution >= 4 is 41.9 Å². The Morgan fingerprint density at radius 2 is 1.49 bits per heavy atom. The number of carbonyl (C=O) groups excluding carboxylic acids is 6. The van der Waals surface area contributed by atoms with Gasteiger partial charge in [-0.25, -0.2) is 9.59 Å². The summed E-state index contributed by atoms with van der Waals surface area (Å²) in [6.45, 7) is 0. The van der Waals surface area contributed by atoms with Crippen molar-refractivity contribution in [3.63, 3.8) is 0 Å². The number of rotatable bonds is 3. The zero-order chi connectivity index (χ0) is 28.2. The van der Waals surface area contributed by atoms with Crippen molar-refractivity contribution in [3.05, 3.63) is 41.5 Å². The second-order valence-corrected chi connectivity index (χ2v) is 9.83. The lowest BCUT2D eigenvalue weighted by Gasteiger charge is -2.42. The predicted molar refractivity (Wildman–Crippen MR) is 130 cm³/mol. The van der Waals surface area contributed by atoms with Crippen LogP contribution in [0, 0.1) is 35.5 Å². The van der Waals surface area contributed by atoms with Gasteiger partial charge >= 0.3 is 12.2 Å². The maximum absolute atomic E-state index is 13.4. The number of hydrogen-bond donors (Lipinski definition) is 1. The molecule has 39 heavy (non-hydrogen) atoms. The molecule has 0 radical (unpaired) electrons. The fraction of sp³-hybridized carbons (Fsp3) is 0.407. The summed E-state index contributed by atoms with van der Waals surface area (Å²) in [5.74, 6) is -7.58. The minimum Gasteiger partial charge on any atom is -0.504 e. The molecule has 3 fully saturated rings. The summed E-state index contributed by atoms with van der Waals surface area (Å²) >= 11 is 0. The molecule has 0 aromatic heterocycles. The van der Waals surface area contributed by atoms with Crippen LogP contribution in [0.5, 0.6) is 11.5 Å². The number of carbonyl (C=O) groups is 6. The van der Waals surface area contributed by atoms with Gasteiger partial charge in [0.25, 0.3) is 0 Å². The molecule has 2 aliphatic carbocycles. The molecule has 5 rings (SSSR count). The molecule has 1 N–H and O–H groups in total. The normalized spacial score (nSPS) is 29.7. The van der Waals surface area contributed by atoms with E-state index in [1.807, 2.05) is 0 Å². The van der Waals surface area contributed by atoms with Gasteiger partial charge in [0.1, 0.15) is 0 Å². The van der Waals surface area contributed by atoms with Gasteiger partial charge in [-0.1, -0.05) is 29.9 Å². The van der Waals surface area contributed by atoms with Gasteiger partial charge in [-0.15, -0.1) is 0 Å². The maximum atomic E-state index is 13.4. The topological polar surface area (TPSA) is 157 Å². The Morgan fingerprint density at radius 3 is 2.10 bits per heavy atom. The number of fused-ring (bicyclic) bond motifs is 4. The number of phenolic OH excluding ortho intramolecular Hbond substituents is 1. The van der Waals surface area contributed by atoms with Crippen molar-refractivity contribution in [2.24, 2.45) is 35.5 Å². The zero-order valence-electron chi connectivity index (χ0n) is 21.4.